The van der Waals surface area contributed by atoms with Gasteiger partial charge in [0.1, 0.15) is 6.54 Å². The smallest absolute Gasteiger partial charge is 0.273 e. The van der Waals surface area contributed by atoms with Crippen molar-refractivity contribution in [2.45, 2.75) is 22.5 Å². The Balaban J connectivity index is 1.71. The molecule has 2 fully saturated rings. The normalized spacial score (nSPS) is 24.5. The minimum Gasteiger partial charge on any atom is -0.292 e. The van der Waals surface area contributed by atoms with Crippen molar-refractivity contribution in [2.75, 3.05) is 6.54 Å². The maximum absolute atomic E-state index is 13.5. The van der Waals surface area contributed by atoms with Gasteiger partial charge < -0.3 is 0 Å². The fraction of sp³-hybridized carbons (Fsp3) is 0.304. The number of carbonyl (C=O) groups is 4. The Hall–Kier alpha value is -1.74. The lowest BCUT2D eigenvalue weighted by Gasteiger charge is -2.30. The molecule has 6 nitrogen and oxygen atoms in total. The molecule has 0 bridgehead atoms. The molecule has 1 heterocycles. The number of alkyl halides is 2. The quantitative estimate of drug-likeness (QED) is 0.264. The molecule has 172 valence electrons. The summed E-state index contributed by atoms with van der Waals surface area (Å²) in [7, 11) is 0. The lowest BCUT2D eigenvalue weighted by atomic mass is 9.81. The Morgan fingerprint density at radius 3 is 2.00 bits per heavy atom. The summed E-state index contributed by atoms with van der Waals surface area (Å²) < 4.78 is 0. The van der Waals surface area contributed by atoms with Crippen LogP contribution >= 0.6 is 55.1 Å². The summed E-state index contributed by atoms with van der Waals surface area (Å²) in [6.45, 7) is -0.477. The van der Waals surface area contributed by atoms with E-state index in [0.717, 1.165) is 10.0 Å². The second kappa shape index (κ2) is 9.86. The summed E-state index contributed by atoms with van der Waals surface area (Å²) in [5, 5.41) is 2.19. The molecule has 1 aliphatic heterocycles. The van der Waals surface area contributed by atoms with E-state index >= 15 is 0 Å². The molecule has 2 aromatic carbocycles. The highest BCUT2D eigenvalue weighted by Crippen LogP contribution is 2.43. The number of fused-ring (bicyclic) bond motifs is 1. The molecule has 3 amide bonds. The molecule has 0 unspecified atom stereocenters. The van der Waals surface area contributed by atoms with Gasteiger partial charge in [-0.05, 0) is 31.0 Å². The second-order valence-corrected chi connectivity index (χ2v) is 11.2. The molecule has 2 aromatic rings. The summed E-state index contributed by atoms with van der Waals surface area (Å²) in [6.07, 6.45) is 0.895. The third kappa shape index (κ3) is 4.76. The number of ketones is 1. The van der Waals surface area contributed by atoms with Gasteiger partial charge in [-0.3, -0.25) is 19.2 Å². The van der Waals surface area contributed by atoms with Crippen molar-refractivity contribution in [2.24, 2.45) is 11.8 Å². The highest BCUT2D eigenvalue weighted by atomic mass is 79.9. The van der Waals surface area contributed by atoms with Gasteiger partial charge in [-0.25, -0.2) is 5.01 Å². The van der Waals surface area contributed by atoms with Crippen LogP contribution in [0.4, 0.5) is 0 Å². The van der Waals surface area contributed by atoms with Crippen molar-refractivity contribution in [1.29, 1.82) is 0 Å². The van der Waals surface area contributed by atoms with Crippen LogP contribution in [0.3, 0.4) is 0 Å². The predicted octanol–water partition coefficient (Wildman–Crippen LogP) is 5.16. The van der Waals surface area contributed by atoms with Crippen molar-refractivity contribution >= 4 is 78.6 Å². The molecule has 10 heteroatoms. The largest absolute Gasteiger partial charge is 0.292 e. The van der Waals surface area contributed by atoms with Crippen LogP contribution in [0.15, 0.2) is 48.5 Å². The van der Waals surface area contributed by atoms with Crippen LogP contribution in [0.25, 0.3) is 0 Å². The SMILES string of the molecule is O=C(CN(C(=O)c1ccc(Cl)c(Cl)c1)N1C(=O)[C@@H]2C[C@@H](Br)[C@@H](Br)C[C@H]2C1=O)c1ccccc1. The molecule has 33 heavy (non-hydrogen) atoms. The van der Waals surface area contributed by atoms with Gasteiger partial charge in [0.2, 0.25) is 0 Å². The number of hydrogen-bond acceptors (Lipinski definition) is 4. The first kappa shape index (κ1) is 24.4. The lowest BCUT2D eigenvalue weighted by Crippen LogP contribution is -2.52. The van der Waals surface area contributed by atoms with E-state index in [4.69, 9.17) is 23.2 Å². The summed E-state index contributed by atoms with van der Waals surface area (Å²) in [4.78, 5) is 53.2. The van der Waals surface area contributed by atoms with E-state index in [1.165, 1.54) is 18.2 Å². The van der Waals surface area contributed by atoms with E-state index in [1.807, 2.05) is 0 Å². The number of hydrazine groups is 1. The molecular formula is C23H18Br2Cl2N2O4. The van der Waals surface area contributed by atoms with E-state index in [9.17, 15) is 19.2 Å². The van der Waals surface area contributed by atoms with Gasteiger partial charge in [0.15, 0.2) is 5.78 Å². The molecule has 0 N–H and O–H groups in total. The van der Waals surface area contributed by atoms with Crippen molar-refractivity contribution in [3.8, 4) is 0 Å². The number of carbonyl (C=O) groups excluding carboxylic acids is 4. The Morgan fingerprint density at radius 2 is 1.45 bits per heavy atom. The first-order valence-corrected chi connectivity index (χ1v) is 12.8. The average Bonchev–Trinajstić information content (AvgIpc) is 3.03. The number of halogens is 4. The monoisotopic (exact) mass is 614 g/mol. The van der Waals surface area contributed by atoms with Gasteiger partial charge in [0.05, 0.1) is 21.9 Å². The number of benzene rings is 2. The summed E-state index contributed by atoms with van der Waals surface area (Å²) in [5.41, 5.74) is 0.472. The number of amides is 3. The highest BCUT2D eigenvalue weighted by molar-refractivity contribution is 9.12. The molecule has 0 spiro atoms. The predicted molar refractivity (Wildman–Crippen MR) is 132 cm³/mol. The van der Waals surface area contributed by atoms with Crippen LogP contribution in [0, 0.1) is 11.8 Å². The number of hydrogen-bond donors (Lipinski definition) is 0. The number of nitrogens with zero attached hydrogens (tertiary/aromatic N) is 2. The molecule has 1 saturated heterocycles. The van der Waals surface area contributed by atoms with Crippen LogP contribution in [0.2, 0.25) is 10.0 Å². The van der Waals surface area contributed by atoms with Gasteiger partial charge in [0.25, 0.3) is 17.7 Å². The average molecular weight is 617 g/mol. The first-order valence-electron chi connectivity index (χ1n) is 10.2. The molecule has 4 atom stereocenters. The zero-order chi connectivity index (χ0) is 23.9. The third-order valence-corrected chi connectivity index (χ3v) is 9.39. The van der Waals surface area contributed by atoms with Gasteiger partial charge in [0, 0.05) is 20.8 Å². The van der Waals surface area contributed by atoms with Crippen molar-refractivity contribution in [3.63, 3.8) is 0 Å². The summed E-state index contributed by atoms with van der Waals surface area (Å²) >= 11 is 19.2. The van der Waals surface area contributed by atoms with Gasteiger partial charge in [-0.1, -0.05) is 85.4 Å². The van der Waals surface area contributed by atoms with Crippen LogP contribution in [-0.2, 0) is 9.59 Å². The van der Waals surface area contributed by atoms with Gasteiger partial charge in [-0.15, -0.1) is 0 Å². The van der Waals surface area contributed by atoms with Crippen LogP contribution in [-0.4, -0.2) is 49.7 Å². The van der Waals surface area contributed by atoms with E-state index in [0.29, 0.717) is 18.4 Å². The number of imide groups is 1. The highest BCUT2D eigenvalue weighted by Gasteiger charge is 2.54. The van der Waals surface area contributed by atoms with Crippen molar-refractivity contribution < 1.29 is 19.2 Å². The molecular weight excluding hydrogens is 599 g/mol. The Morgan fingerprint density at radius 1 is 0.879 bits per heavy atom. The third-order valence-electron chi connectivity index (χ3n) is 5.92. The summed E-state index contributed by atoms with van der Waals surface area (Å²) in [5.74, 6) is -3.19. The molecule has 0 aromatic heterocycles. The Bertz CT molecular complexity index is 1100. The van der Waals surface area contributed by atoms with Crippen molar-refractivity contribution in [3.05, 3.63) is 69.7 Å². The minimum atomic E-state index is -0.691. The van der Waals surface area contributed by atoms with Crippen LogP contribution in [0.5, 0.6) is 0 Å². The van der Waals surface area contributed by atoms with Crippen LogP contribution < -0.4 is 0 Å². The molecule has 4 rings (SSSR count). The molecule has 2 aliphatic rings. The lowest BCUT2D eigenvalue weighted by molar-refractivity contribution is -0.154. The topological polar surface area (TPSA) is 74.8 Å². The van der Waals surface area contributed by atoms with Crippen LogP contribution in [0.1, 0.15) is 33.6 Å². The Labute approximate surface area is 217 Å². The van der Waals surface area contributed by atoms with Gasteiger partial charge in [-0.2, -0.15) is 5.01 Å². The van der Waals surface area contributed by atoms with E-state index in [-0.39, 0.29) is 25.3 Å². The fourth-order valence-electron chi connectivity index (χ4n) is 4.18. The molecule has 1 saturated carbocycles. The minimum absolute atomic E-state index is 0.0145. The molecule has 1 aliphatic carbocycles. The maximum Gasteiger partial charge on any atom is 0.273 e. The van der Waals surface area contributed by atoms with E-state index in [2.05, 4.69) is 31.9 Å². The number of rotatable bonds is 5. The van der Waals surface area contributed by atoms with Crippen molar-refractivity contribution in [1.82, 2.24) is 10.0 Å². The van der Waals surface area contributed by atoms with E-state index in [1.54, 1.807) is 30.3 Å². The second-order valence-electron chi connectivity index (χ2n) is 7.99. The summed E-state index contributed by atoms with van der Waals surface area (Å²) in [6, 6.07) is 12.6. The molecule has 0 radical (unpaired) electrons. The first-order chi connectivity index (χ1) is 15.7. The maximum atomic E-state index is 13.5. The zero-order valence-electron chi connectivity index (χ0n) is 17.1. The number of Topliss-reactive ketones (excluding diaryl/α,β-unsaturated/α-hetero) is 1. The standard InChI is InChI=1S/C23H18Br2Cl2N2O4/c24-16-9-14-15(10-17(16)25)23(33)29(22(14)32)28(11-20(30)12-4-2-1-3-5-12)21(31)13-6-7-18(26)19(27)8-13/h1-8,14-17H,9-11H2/t14-,15-,16-,17+/m1/s1. The zero-order valence-corrected chi connectivity index (χ0v) is 21.8. The van der Waals surface area contributed by atoms with Gasteiger partial charge >= 0.3 is 0 Å². The Kier molecular flexibility index (Phi) is 7.29. The van der Waals surface area contributed by atoms with E-state index < -0.39 is 41.9 Å². The fourth-order valence-corrected chi connectivity index (χ4v) is 5.71.